The van der Waals surface area contributed by atoms with Gasteiger partial charge < -0.3 is 30.2 Å². The largest absolute Gasteiger partial charge is 0.438 e. The second kappa shape index (κ2) is 4.75. The summed E-state index contributed by atoms with van der Waals surface area (Å²) in [5.74, 6) is 0. The molecule has 1 rings (SSSR count). The summed E-state index contributed by atoms with van der Waals surface area (Å²) in [6, 6.07) is 0. The molecule has 7 nitrogen and oxygen atoms in total. The minimum absolute atomic E-state index is 0.507. The summed E-state index contributed by atoms with van der Waals surface area (Å²) in [5, 5.41) is 19.1. The first-order chi connectivity index (χ1) is 6.97. The first kappa shape index (κ1) is 12.2. The lowest BCUT2D eigenvalue weighted by atomic mass is 10.00. The van der Waals surface area contributed by atoms with E-state index in [0.29, 0.717) is 0 Å². The highest BCUT2D eigenvalue weighted by molar-refractivity contribution is 5.64. The molecule has 0 saturated carbocycles. The Balaban J connectivity index is 2.73. The van der Waals surface area contributed by atoms with Gasteiger partial charge >= 0.3 is 6.09 Å². The van der Waals surface area contributed by atoms with Crippen molar-refractivity contribution in [2.45, 2.75) is 37.6 Å². The molecule has 1 heterocycles. The molecule has 88 valence electrons. The zero-order chi connectivity index (χ0) is 11.6. The predicted octanol–water partition coefficient (Wildman–Crippen LogP) is -1.44. The van der Waals surface area contributed by atoms with Crippen LogP contribution in [0.25, 0.3) is 0 Å². The number of nitrogens with two attached hydrogens (primary N) is 1. The third-order valence-electron chi connectivity index (χ3n) is 2.30. The fourth-order valence-corrected chi connectivity index (χ4v) is 1.60. The van der Waals surface area contributed by atoms with Crippen molar-refractivity contribution in [3.05, 3.63) is 0 Å². The number of hydrogen-bond donors (Lipinski definition) is 3. The van der Waals surface area contributed by atoms with Gasteiger partial charge in [0.1, 0.15) is 12.2 Å². The number of primary amides is 1. The first-order valence-corrected chi connectivity index (χ1v) is 4.48. The van der Waals surface area contributed by atoms with Crippen LogP contribution >= 0.6 is 0 Å². The molecule has 0 bridgehead atoms. The second-order valence-corrected chi connectivity index (χ2v) is 3.32. The van der Waals surface area contributed by atoms with Crippen molar-refractivity contribution >= 4 is 6.09 Å². The van der Waals surface area contributed by atoms with Crippen LogP contribution in [-0.4, -0.2) is 54.1 Å². The van der Waals surface area contributed by atoms with E-state index in [1.54, 1.807) is 6.92 Å². The molecule has 1 saturated heterocycles. The summed E-state index contributed by atoms with van der Waals surface area (Å²) in [7, 11) is 1.38. The molecule has 0 spiro atoms. The molecule has 0 radical (unpaired) electrons. The van der Waals surface area contributed by atoms with Gasteiger partial charge in [-0.25, -0.2) is 4.79 Å². The van der Waals surface area contributed by atoms with Crippen LogP contribution in [0.5, 0.6) is 0 Å². The molecule has 3 unspecified atom stereocenters. The molecule has 1 aliphatic rings. The molecular formula is C8H15NO6. The summed E-state index contributed by atoms with van der Waals surface area (Å²) in [4.78, 5) is 10.5. The van der Waals surface area contributed by atoms with E-state index in [2.05, 4.69) is 4.74 Å². The average Bonchev–Trinajstić information content (AvgIpc) is 2.12. The molecule has 1 aliphatic heterocycles. The van der Waals surface area contributed by atoms with E-state index >= 15 is 0 Å². The molecule has 7 heteroatoms. The average molecular weight is 221 g/mol. The Hall–Kier alpha value is -0.890. The molecule has 0 aliphatic carbocycles. The van der Waals surface area contributed by atoms with Crippen molar-refractivity contribution in [2.24, 2.45) is 5.73 Å². The number of methoxy groups -OCH3 is 1. The monoisotopic (exact) mass is 221 g/mol. The van der Waals surface area contributed by atoms with Gasteiger partial charge in [0.15, 0.2) is 12.4 Å². The Morgan fingerprint density at radius 3 is 2.47 bits per heavy atom. The van der Waals surface area contributed by atoms with Crippen LogP contribution < -0.4 is 5.73 Å². The Bertz CT molecular complexity index is 235. The molecule has 4 N–H and O–H groups in total. The van der Waals surface area contributed by atoms with Gasteiger partial charge in [-0.1, -0.05) is 0 Å². The maximum atomic E-state index is 10.5. The van der Waals surface area contributed by atoms with Gasteiger partial charge in [-0.2, -0.15) is 0 Å². The van der Waals surface area contributed by atoms with Crippen molar-refractivity contribution in [3.63, 3.8) is 0 Å². The fourth-order valence-electron chi connectivity index (χ4n) is 1.60. The first-order valence-electron chi connectivity index (χ1n) is 4.48. The maximum Gasteiger partial charge on any atom is 0.405 e. The highest BCUT2D eigenvalue weighted by Gasteiger charge is 2.45. The topological polar surface area (TPSA) is 111 Å². The minimum atomic E-state index is -1.41. The van der Waals surface area contributed by atoms with E-state index in [1.165, 1.54) is 7.11 Å². The summed E-state index contributed by atoms with van der Waals surface area (Å²) < 4.78 is 14.5. The second-order valence-electron chi connectivity index (χ2n) is 3.32. The Morgan fingerprint density at radius 1 is 1.40 bits per heavy atom. The van der Waals surface area contributed by atoms with Gasteiger partial charge in [0.2, 0.25) is 0 Å². The van der Waals surface area contributed by atoms with Crippen LogP contribution in [0.15, 0.2) is 0 Å². The van der Waals surface area contributed by atoms with Crippen molar-refractivity contribution in [2.75, 3.05) is 7.11 Å². The van der Waals surface area contributed by atoms with Crippen LogP contribution in [0.1, 0.15) is 6.92 Å². The molecule has 1 amide bonds. The minimum Gasteiger partial charge on any atom is -0.438 e. The van der Waals surface area contributed by atoms with Gasteiger partial charge in [-0.05, 0) is 6.92 Å². The molecular weight excluding hydrogens is 206 g/mol. The van der Waals surface area contributed by atoms with Crippen LogP contribution in [-0.2, 0) is 14.2 Å². The quantitative estimate of drug-likeness (QED) is 0.526. The molecule has 15 heavy (non-hydrogen) atoms. The van der Waals surface area contributed by atoms with Crippen LogP contribution in [0.4, 0.5) is 4.79 Å². The summed E-state index contributed by atoms with van der Waals surface area (Å²) in [6.45, 7) is 1.63. The number of carbonyl (C=O) groups is 1. The van der Waals surface area contributed by atoms with Gasteiger partial charge in [0.25, 0.3) is 0 Å². The number of carbonyl (C=O) groups excluding carboxylic acids is 1. The van der Waals surface area contributed by atoms with Crippen LogP contribution in [0.2, 0.25) is 0 Å². The van der Waals surface area contributed by atoms with Crippen LogP contribution in [0.3, 0.4) is 0 Å². The van der Waals surface area contributed by atoms with Crippen LogP contribution in [0, 0.1) is 0 Å². The maximum absolute atomic E-state index is 10.5. The summed E-state index contributed by atoms with van der Waals surface area (Å²) >= 11 is 0. The van der Waals surface area contributed by atoms with Gasteiger partial charge in [-0.3, -0.25) is 0 Å². The van der Waals surface area contributed by atoms with Gasteiger partial charge in [0.05, 0.1) is 6.10 Å². The van der Waals surface area contributed by atoms with E-state index in [-0.39, 0.29) is 0 Å². The SMILES string of the molecule is CO[C@H]1C(C)OC(O)[C@@H](OC(N)=O)C1O. The lowest BCUT2D eigenvalue weighted by Gasteiger charge is -2.39. The van der Waals surface area contributed by atoms with E-state index < -0.39 is 36.8 Å². The van der Waals surface area contributed by atoms with Crippen molar-refractivity contribution in [1.29, 1.82) is 0 Å². The van der Waals surface area contributed by atoms with Crippen molar-refractivity contribution < 1.29 is 29.2 Å². The lowest BCUT2D eigenvalue weighted by molar-refractivity contribution is -0.280. The number of amides is 1. The molecule has 0 aromatic carbocycles. The number of ether oxygens (including phenoxy) is 3. The molecule has 0 aromatic rings. The molecule has 1 fully saturated rings. The summed E-state index contributed by atoms with van der Waals surface area (Å²) in [5.41, 5.74) is 4.79. The Kier molecular flexibility index (Phi) is 3.86. The predicted molar refractivity (Wildman–Crippen MR) is 47.8 cm³/mol. The smallest absolute Gasteiger partial charge is 0.405 e. The third kappa shape index (κ3) is 2.57. The highest BCUT2D eigenvalue weighted by Crippen LogP contribution is 2.23. The Morgan fingerprint density at radius 2 is 2.00 bits per heavy atom. The number of hydrogen-bond acceptors (Lipinski definition) is 6. The van der Waals surface area contributed by atoms with E-state index in [4.69, 9.17) is 15.2 Å². The number of aliphatic hydroxyl groups excluding tert-OH is 2. The standard InChI is InChI=1S/C8H15NO6/c1-3-5(13-2)4(10)6(7(11)14-3)15-8(9)12/h3-7,10-11H,1-2H3,(H2,9,12)/t3?,4?,5-,6-,7?/m0/s1. The zero-order valence-corrected chi connectivity index (χ0v) is 8.49. The molecule has 5 atom stereocenters. The zero-order valence-electron chi connectivity index (χ0n) is 8.49. The Labute approximate surface area is 86.7 Å². The third-order valence-corrected chi connectivity index (χ3v) is 2.30. The highest BCUT2D eigenvalue weighted by atomic mass is 16.7. The van der Waals surface area contributed by atoms with E-state index in [9.17, 15) is 15.0 Å². The number of aliphatic hydroxyl groups is 2. The van der Waals surface area contributed by atoms with Crippen molar-refractivity contribution in [3.8, 4) is 0 Å². The van der Waals surface area contributed by atoms with Gasteiger partial charge in [-0.15, -0.1) is 0 Å². The summed E-state index contributed by atoms with van der Waals surface area (Å²) in [6.07, 6.45) is -6.10. The van der Waals surface area contributed by atoms with E-state index in [0.717, 1.165) is 0 Å². The van der Waals surface area contributed by atoms with Gasteiger partial charge in [0, 0.05) is 7.11 Å². The normalized spacial score (nSPS) is 41.2. The van der Waals surface area contributed by atoms with Crippen molar-refractivity contribution in [1.82, 2.24) is 0 Å². The number of rotatable bonds is 2. The molecule has 0 aromatic heterocycles. The fraction of sp³-hybridized carbons (Fsp3) is 0.875. The van der Waals surface area contributed by atoms with E-state index in [1.807, 2.05) is 0 Å². The lowest BCUT2D eigenvalue weighted by Crippen LogP contribution is -2.58.